The summed E-state index contributed by atoms with van der Waals surface area (Å²) in [7, 11) is 0. The van der Waals surface area contributed by atoms with Crippen LogP contribution >= 0.6 is 0 Å². The van der Waals surface area contributed by atoms with Crippen LogP contribution in [0, 0.1) is 11.8 Å². The van der Waals surface area contributed by atoms with Crippen molar-refractivity contribution in [3.05, 3.63) is 0 Å². The Morgan fingerprint density at radius 2 is 0.970 bits per heavy atom. The quantitative estimate of drug-likeness (QED) is 0.183. The lowest BCUT2D eigenvalue weighted by Crippen LogP contribution is -2.59. The fourth-order valence-corrected chi connectivity index (χ4v) is 4.16. The van der Waals surface area contributed by atoms with Crippen LogP contribution < -0.4 is 0 Å². The largest absolute Gasteiger partial charge is 0.394 e. The second kappa shape index (κ2) is 13.6. The molecule has 0 radical (unpaired) electrons. The summed E-state index contributed by atoms with van der Waals surface area (Å²) in [5.74, 6) is -1.45. The Balaban J connectivity index is 1.98. The molecular formula is C22H42O11. The Hall–Kier alpha value is -0.440. The molecule has 6 N–H and O–H groups in total. The second-order valence-electron chi connectivity index (χ2n) is 9.38. The van der Waals surface area contributed by atoms with Gasteiger partial charge in [-0.15, -0.1) is 0 Å². The van der Waals surface area contributed by atoms with Gasteiger partial charge in [-0.1, -0.05) is 0 Å². The van der Waals surface area contributed by atoms with E-state index >= 15 is 0 Å². The fourth-order valence-electron chi connectivity index (χ4n) is 4.16. The van der Waals surface area contributed by atoms with Gasteiger partial charge in [0.1, 0.15) is 24.4 Å². The van der Waals surface area contributed by atoms with Crippen LogP contribution in [0.3, 0.4) is 0 Å². The highest BCUT2D eigenvalue weighted by Gasteiger charge is 2.46. The molecule has 2 aliphatic rings. The predicted octanol–water partition coefficient (Wildman–Crippen LogP) is -1.95. The van der Waals surface area contributed by atoms with Gasteiger partial charge in [0.25, 0.3) is 0 Å². The Morgan fingerprint density at radius 3 is 1.42 bits per heavy atom. The third-order valence-corrected chi connectivity index (χ3v) is 6.15. The predicted molar refractivity (Wildman–Crippen MR) is 115 cm³/mol. The van der Waals surface area contributed by atoms with Crippen molar-refractivity contribution < 1.29 is 54.3 Å². The standard InChI is InChI=1S/C22H42O11/c1-11(2)30-8-14-20(26)16(6-24)32-17(22(14)28)9-29-7-13-19(25)15(5-23)33-18(21(13)27)10-31-12(3)4/h11-28H,5-10H2,1-4H3. The highest BCUT2D eigenvalue weighted by atomic mass is 16.6. The summed E-state index contributed by atoms with van der Waals surface area (Å²) in [6, 6.07) is 0. The summed E-state index contributed by atoms with van der Waals surface area (Å²) in [5, 5.41) is 61.5. The molecule has 2 heterocycles. The smallest absolute Gasteiger partial charge is 0.108 e. The van der Waals surface area contributed by atoms with Gasteiger partial charge < -0.3 is 54.3 Å². The molecule has 196 valence electrons. The monoisotopic (exact) mass is 482 g/mol. The topological polar surface area (TPSA) is 168 Å². The van der Waals surface area contributed by atoms with Gasteiger partial charge in [-0.3, -0.25) is 0 Å². The van der Waals surface area contributed by atoms with E-state index in [1.54, 1.807) is 0 Å². The first-order chi connectivity index (χ1) is 15.6. The molecule has 0 amide bonds. The van der Waals surface area contributed by atoms with Crippen LogP contribution in [0.5, 0.6) is 0 Å². The SMILES string of the molecule is CC(C)OCC1OC(CO)C(O)C(COCC2OC(CO)C(O)C(COC(C)C)C2O)C1O. The van der Waals surface area contributed by atoms with E-state index in [4.69, 9.17) is 23.7 Å². The Kier molecular flexibility index (Phi) is 11.9. The molecule has 0 saturated carbocycles. The zero-order valence-electron chi connectivity index (χ0n) is 19.9. The molecule has 10 unspecified atom stereocenters. The van der Waals surface area contributed by atoms with Gasteiger partial charge in [-0.2, -0.15) is 0 Å². The van der Waals surface area contributed by atoms with E-state index in [1.165, 1.54) is 0 Å². The highest BCUT2D eigenvalue weighted by Crippen LogP contribution is 2.29. The molecule has 33 heavy (non-hydrogen) atoms. The van der Waals surface area contributed by atoms with Crippen molar-refractivity contribution in [3.63, 3.8) is 0 Å². The van der Waals surface area contributed by atoms with E-state index in [-0.39, 0.29) is 38.6 Å². The van der Waals surface area contributed by atoms with Gasteiger partial charge in [-0.25, -0.2) is 0 Å². The molecule has 0 aromatic heterocycles. The van der Waals surface area contributed by atoms with Gasteiger partial charge >= 0.3 is 0 Å². The second-order valence-corrected chi connectivity index (χ2v) is 9.38. The number of aliphatic hydroxyl groups is 6. The van der Waals surface area contributed by atoms with E-state index in [2.05, 4.69) is 0 Å². The zero-order chi connectivity index (χ0) is 24.7. The van der Waals surface area contributed by atoms with Crippen LogP contribution in [0.4, 0.5) is 0 Å². The molecule has 10 atom stereocenters. The first-order valence-corrected chi connectivity index (χ1v) is 11.7. The van der Waals surface area contributed by atoms with E-state index in [0.717, 1.165) is 0 Å². The Bertz CT molecular complexity index is 548. The van der Waals surface area contributed by atoms with Crippen LogP contribution in [0.2, 0.25) is 0 Å². The molecule has 2 rings (SSSR count). The van der Waals surface area contributed by atoms with Crippen molar-refractivity contribution in [2.45, 2.75) is 88.7 Å². The molecule has 2 fully saturated rings. The number of aliphatic hydroxyl groups excluding tert-OH is 6. The molecule has 0 aromatic rings. The van der Waals surface area contributed by atoms with Crippen molar-refractivity contribution in [2.24, 2.45) is 11.8 Å². The van der Waals surface area contributed by atoms with Crippen molar-refractivity contribution in [1.82, 2.24) is 0 Å². The molecule has 11 nitrogen and oxygen atoms in total. The molecule has 2 aliphatic heterocycles. The van der Waals surface area contributed by atoms with Crippen LogP contribution in [-0.4, -0.2) is 131 Å². The summed E-state index contributed by atoms with van der Waals surface area (Å²) in [5.41, 5.74) is 0. The average molecular weight is 483 g/mol. The van der Waals surface area contributed by atoms with E-state index in [0.29, 0.717) is 0 Å². The van der Waals surface area contributed by atoms with Crippen LogP contribution in [0.25, 0.3) is 0 Å². The zero-order valence-corrected chi connectivity index (χ0v) is 19.9. The van der Waals surface area contributed by atoms with Gasteiger partial charge in [-0.05, 0) is 27.7 Å². The highest BCUT2D eigenvalue weighted by molar-refractivity contribution is 4.94. The molecule has 0 bridgehead atoms. The summed E-state index contributed by atoms with van der Waals surface area (Å²) >= 11 is 0. The van der Waals surface area contributed by atoms with Crippen LogP contribution in [0.1, 0.15) is 27.7 Å². The lowest BCUT2D eigenvalue weighted by Gasteiger charge is -2.44. The van der Waals surface area contributed by atoms with Crippen molar-refractivity contribution in [2.75, 3.05) is 39.6 Å². The summed E-state index contributed by atoms with van der Waals surface area (Å²) in [6.07, 6.45) is -8.06. The molecular weight excluding hydrogens is 440 g/mol. The van der Waals surface area contributed by atoms with Crippen LogP contribution in [-0.2, 0) is 23.7 Å². The maximum Gasteiger partial charge on any atom is 0.108 e. The molecule has 0 aromatic carbocycles. The summed E-state index contributed by atoms with van der Waals surface area (Å²) in [6.45, 7) is 6.50. The third kappa shape index (κ3) is 7.77. The fraction of sp³-hybridized carbons (Fsp3) is 1.00. The molecule has 2 saturated heterocycles. The van der Waals surface area contributed by atoms with Crippen molar-refractivity contribution >= 4 is 0 Å². The molecule has 0 spiro atoms. The summed E-state index contributed by atoms with van der Waals surface area (Å²) in [4.78, 5) is 0. The first kappa shape index (κ1) is 28.8. The number of rotatable bonds is 12. The molecule has 11 heteroatoms. The lowest BCUT2D eigenvalue weighted by atomic mass is 9.86. The lowest BCUT2D eigenvalue weighted by molar-refractivity contribution is -0.244. The van der Waals surface area contributed by atoms with Crippen molar-refractivity contribution in [1.29, 1.82) is 0 Å². The minimum atomic E-state index is -1.17. The molecule has 0 aliphatic carbocycles. The van der Waals surface area contributed by atoms with Gasteiger partial charge in [0.05, 0.1) is 76.3 Å². The maximum absolute atomic E-state index is 10.7. The van der Waals surface area contributed by atoms with E-state index in [1.807, 2.05) is 27.7 Å². The van der Waals surface area contributed by atoms with Gasteiger partial charge in [0, 0.05) is 11.8 Å². The Morgan fingerprint density at radius 1 is 0.576 bits per heavy atom. The minimum Gasteiger partial charge on any atom is -0.394 e. The van der Waals surface area contributed by atoms with Crippen molar-refractivity contribution in [3.8, 4) is 0 Å². The van der Waals surface area contributed by atoms with Gasteiger partial charge in [0.2, 0.25) is 0 Å². The number of hydrogen-bond acceptors (Lipinski definition) is 11. The summed E-state index contributed by atoms with van der Waals surface area (Å²) < 4.78 is 28.0. The number of ether oxygens (including phenoxy) is 5. The minimum absolute atomic E-state index is 0.0812. The third-order valence-electron chi connectivity index (χ3n) is 6.15. The first-order valence-electron chi connectivity index (χ1n) is 11.7. The maximum atomic E-state index is 10.7. The van der Waals surface area contributed by atoms with E-state index < -0.39 is 73.9 Å². The average Bonchev–Trinajstić information content (AvgIpc) is 2.76. The number of hydrogen-bond donors (Lipinski definition) is 6. The van der Waals surface area contributed by atoms with E-state index in [9.17, 15) is 30.6 Å². The van der Waals surface area contributed by atoms with Crippen LogP contribution in [0.15, 0.2) is 0 Å². The Labute approximate surface area is 195 Å². The van der Waals surface area contributed by atoms with Gasteiger partial charge in [0.15, 0.2) is 0 Å². The normalized spacial score (nSPS) is 40.0.